The Bertz CT molecular complexity index is 549. The number of carbonyl (C=O) groups excluding carboxylic acids is 3. The molecule has 2 rings (SSSR count). The van der Waals surface area contributed by atoms with Gasteiger partial charge in [0.1, 0.15) is 12.0 Å². The monoisotopic (exact) mass is 333 g/mol. The Hall–Kier alpha value is -2.37. The summed E-state index contributed by atoms with van der Waals surface area (Å²) in [5.74, 6) is 0.0990. The van der Waals surface area contributed by atoms with Crippen LogP contribution in [0.5, 0.6) is 5.75 Å². The summed E-state index contributed by atoms with van der Waals surface area (Å²) in [6.07, 6.45) is 6.75. The molecule has 1 N–H and O–H groups in total. The lowest BCUT2D eigenvalue weighted by Crippen LogP contribution is -2.34. The van der Waals surface area contributed by atoms with Crippen LogP contribution in [0.1, 0.15) is 42.5 Å². The first-order chi connectivity index (χ1) is 11.7. The van der Waals surface area contributed by atoms with Gasteiger partial charge in [-0.3, -0.25) is 9.59 Å². The maximum absolute atomic E-state index is 11.7. The lowest BCUT2D eigenvalue weighted by Gasteiger charge is -2.21. The molecular weight excluding hydrogens is 310 g/mol. The topological polar surface area (TPSA) is 81.7 Å². The van der Waals surface area contributed by atoms with Gasteiger partial charge in [-0.25, -0.2) is 4.79 Å². The first kappa shape index (κ1) is 18.0. The van der Waals surface area contributed by atoms with Gasteiger partial charge >= 0.3 is 5.97 Å². The third-order valence-corrected chi connectivity index (χ3v) is 4.05. The van der Waals surface area contributed by atoms with Crippen LogP contribution in [0.4, 0.5) is 0 Å². The molecule has 0 atom stereocenters. The van der Waals surface area contributed by atoms with Crippen molar-refractivity contribution in [3.8, 4) is 5.75 Å². The molecule has 1 aliphatic rings. The van der Waals surface area contributed by atoms with Crippen molar-refractivity contribution >= 4 is 18.2 Å². The summed E-state index contributed by atoms with van der Waals surface area (Å²) in [5.41, 5.74) is 0.527. The van der Waals surface area contributed by atoms with E-state index in [9.17, 15) is 14.4 Å². The van der Waals surface area contributed by atoms with Gasteiger partial charge < -0.3 is 14.8 Å². The fourth-order valence-electron chi connectivity index (χ4n) is 2.67. The van der Waals surface area contributed by atoms with Crippen LogP contribution < -0.4 is 10.1 Å². The second-order valence-electron chi connectivity index (χ2n) is 5.94. The SMILES string of the molecule is O=Cc1ccc(OCC(=O)OCC(=O)NCC2CCCCC2)cc1. The summed E-state index contributed by atoms with van der Waals surface area (Å²) in [6, 6.07) is 6.36. The number of aldehydes is 1. The smallest absolute Gasteiger partial charge is 0.344 e. The van der Waals surface area contributed by atoms with E-state index in [2.05, 4.69) is 5.32 Å². The van der Waals surface area contributed by atoms with Crippen molar-refractivity contribution in [1.82, 2.24) is 5.32 Å². The van der Waals surface area contributed by atoms with Crippen LogP contribution in [0.3, 0.4) is 0 Å². The predicted octanol–water partition coefficient (Wildman–Crippen LogP) is 2.12. The number of benzene rings is 1. The Labute approximate surface area is 141 Å². The number of ether oxygens (including phenoxy) is 2. The van der Waals surface area contributed by atoms with Crippen molar-refractivity contribution in [2.45, 2.75) is 32.1 Å². The standard InChI is InChI=1S/C18H23NO5/c20-11-15-6-8-16(9-7-15)23-13-18(22)24-12-17(21)19-10-14-4-2-1-3-5-14/h6-9,11,14H,1-5,10,12-13H2,(H,19,21). The van der Waals surface area contributed by atoms with E-state index in [1.807, 2.05) is 0 Å². The van der Waals surface area contributed by atoms with Gasteiger partial charge in [0, 0.05) is 12.1 Å². The number of amides is 1. The second-order valence-corrected chi connectivity index (χ2v) is 5.94. The second kappa shape index (κ2) is 9.70. The van der Waals surface area contributed by atoms with Gasteiger partial charge in [0.15, 0.2) is 13.2 Å². The van der Waals surface area contributed by atoms with Gasteiger partial charge in [-0.2, -0.15) is 0 Å². The summed E-state index contributed by atoms with van der Waals surface area (Å²) < 4.78 is 10.1. The van der Waals surface area contributed by atoms with Gasteiger partial charge in [-0.15, -0.1) is 0 Å². The number of hydrogen-bond donors (Lipinski definition) is 1. The zero-order valence-electron chi connectivity index (χ0n) is 13.7. The van der Waals surface area contributed by atoms with E-state index in [0.717, 1.165) is 19.1 Å². The van der Waals surface area contributed by atoms with Crippen molar-refractivity contribution in [3.05, 3.63) is 29.8 Å². The lowest BCUT2D eigenvalue weighted by atomic mass is 9.89. The summed E-state index contributed by atoms with van der Waals surface area (Å²) >= 11 is 0. The number of rotatable bonds is 8. The van der Waals surface area contributed by atoms with Crippen LogP contribution in [0.15, 0.2) is 24.3 Å². The molecule has 1 aromatic rings. The molecule has 6 nitrogen and oxygen atoms in total. The fourth-order valence-corrected chi connectivity index (χ4v) is 2.67. The summed E-state index contributed by atoms with van der Waals surface area (Å²) in [5, 5.41) is 2.80. The highest BCUT2D eigenvalue weighted by molar-refractivity contribution is 5.80. The number of hydrogen-bond acceptors (Lipinski definition) is 5. The van der Waals surface area contributed by atoms with Gasteiger partial charge in [-0.1, -0.05) is 19.3 Å². The molecule has 0 saturated heterocycles. The van der Waals surface area contributed by atoms with Crippen LogP contribution >= 0.6 is 0 Å². The van der Waals surface area contributed by atoms with Gasteiger partial charge in [0.25, 0.3) is 5.91 Å². The molecule has 1 fully saturated rings. The minimum atomic E-state index is -0.609. The van der Waals surface area contributed by atoms with Crippen molar-refractivity contribution < 1.29 is 23.9 Å². The van der Waals surface area contributed by atoms with E-state index in [-0.39, 0.29) is 19.1 Å². The molecule has 1 amide bonds. The van der Waals surface area contributed by atoms with E-state index in [4.69, 9.17) is 9.47 Å². The maximum Gasteiger partial charge on any atom is 0.344 e. The average Bonchev–Trinajstić information content (AvgIpc) is 2.64. The van der Waals surface area contributed by atoms with E-state index in [1.165, 1.54) is 19.3 Å². The highest BCUT2D eigenvalue weighted by Crippen LogP contribution is 2.22. The van der Waals surface area contributed by atoms with Crippen molar-refractivity contribution in [1.29, 1.82) is 0 Å². The fraction of sp³-hybridized carbons (Fsp3) is 0.500. The highest BCUT2D eigenvalue weighted by Gasteiger charge is 2.15. The molecule has 0 radical (unpaired) electrons. The average molecular weight is 333 g/mol. The molecule has 130 valence electrons. The van der Waals surface area contributed by atoms with Crippen LogP contribution in [-0.4, -0.2) is 37.9 Å². The number of nitrogens with one attached hydrogen (secondary N) is 1. The van der Waals surface area contributed by atoms with E-state index in [1.54, 1.807) is 24.3 Å². The normalized spacial score (nSPS) is 14.7. The molecule has 0 aromatic heterocycles. The molecule has 0 spiro atoms. The molecule has 1 saturated carbocycles. The molecule has 0 aliphatic heterocycles. The molecule has 6 heteroatoms. The zero-order valence-corrected chi connectivity index (χ0v) is 13.7. The molecular formula is C18H23NO5. The van der Waals surface area contributed by atoms with Crippen molar-refractivity contribution in [2.24, 2.45) is 5.92 Å². The number of esters is 1. The highest BCUT2D eigenvalue weighted by atomic mass is 16.6. The molecule has 0 heterocycles. The molecule has 24 heavy (non-hydrogen) atoms. The first-order valence-corrected chi connectivity index (χ1v) is 8.27. The number of carbonyl (C=O) groups is 3. The van der Waals surface area contributed by atoms with Crippen molar-refractivity contribution in [2.75, 3.05) is 19.8 Å². The lowest BCUT2D eigenvalue weighted by molar-refractivity contribution is -0.150. The third kappa shape index (κ3) is 6.40. The molecule has 0 bridgehead atoms. The van der Waals surface area contributed by atoms with Crippen LogP contribution in [0.2, 0.25) is 0 Å². The Morgan fingerprint density at radius 1 is 1.08 bits per heavy atom. The van der Waals surface area contributed by atoms with Gasteiger partial charge in [0.2, 0.25) is 0 Å². The molecule has 1 aromatic carbocycles. The van der Waals surface area contributed by atoms with E-state index >= 15 is 0 Å². The molecule has 1 aliphatic carbocycles. The van der Waals surface area contributed by atoms with Gasteiger partial charge in [0.05, 0.1) is 0 Å². The molecule has 0 unspecified atom stereocenters. The minimum absolute atomic E-state index is 0.281. The summed E-state index contributed by atoms with van der Waals surface area (Å²) in [7, 11) is 0. The minimum Gasteiger partial charge on any atom is -0.482 e. The summed E-state index contributed by atoms with van der Waals surface area (Å²) in [4.78, 5) is 33.8. The van der Waals surface area contributed by atoms with E-state index < -0.39 is 5.97 Å². The van der Waals surface area contributed by atoms with Crippen molar-refractivity contribution in [3.63, 3.8) is 0 Å². The third-order valence-electron chi connectivity index (χ3n) is 4.05. The Kier molecular flexibility index (Phi) is 7.26. The summed E-state index contributed by atoms with van der Waals surface area (Å²) in [6.45, 7) is 0.0747. The largest absolute Gasteiger partial charge is 0.482 e. The Morgan fingerprint density at radius 3 is 2.46 bits per heavy atom. The zero-order chi connectivity index (χ0) is 17.2. The first-order valence-electron chi connectivity index (χ1n) is 8.27. The maximum atomic E-state index is 11.7. The Morgan fingerprint density at radius 2 is 1.79 bits per heavy atom. The quantitative estimate of drug-likeness (QED) is 0.582. The van der Waals surface area contributed by atoms with Crippen LogP contribution in [-0.2, 0) is 14.3 Å². The Balaban J connectivity index is 1.59. The van der Waals surface area contributed by atoms with Crippen LogP contribution in [0, 0.1) is 5.92 Å². The van der Waals surface area contributed by atoms with E-state index in [0.29, 0.717) is 23.8 Å². The van der Waals surface area contributed by atoms with Crippen LogP contribution in [0.25, 0.3) is 0 Å². The predicted molar refractivity (Wildman–Crippen MR) is 87.9 cm³/mol. The van der Waals surface area contributed by atoms with Gasteiger partial charge in [-0.05, 0) is 43.0 Å².